The molecule has 0 spiro atoms. The van der Waals surface area contributed by atoms with Crippen molar-refractivity contribution >= 4 is 23.3 Å². The molecule has 0 heterocycles. The summed E-state index contributed by atoms with van der Waals surface area (Å²) in [5.74, 6) is -0.940. The average Bonchev–Trinajstić information content (AvgIpc) is 2.79. The van der Waals surface area contributed by atoms with Crippen LogP contribution >= 0.6 is 0 Å². The predicted molar refractivity (Wildman–Crippen MR) is 134 cm³/mol. The monoisotopic (exact) mass is 426 g/mol. The van der Waals surface area contributed by atoms with Crippen LogP contribution in [-0.2, 0) is 0 Å². The number of quaternary nitrogens is 1. The highest BCUT2D eigenvalue weighted by Crippen LogP contribution is 2.23. The van der Waals surface area contributed by atoms with E-state index in [0.717, 1.165) is 27.3 Å². The fraction of sp³-hybridized carbons (Fsp3) is 0.143. The third kappa shape index (κ3) is 5.96. The molecule has 4 nitrogen and oxygen atoms in total. The molecule has 0 aromatic heterocycles. The Kier molecular flexibility index (Phi) is 7.63. The van der Waals surface area contributed by atoms with Crippen LogP contribution in [-0.4, -0.2) is 38.3 Å². The van der Waals surface area contributed by atoms with Crippen LogP contribution in [0.1, 0.15) is 21.5 Å². The maximum absolute atomic E-state index is 11.8. The number of rotatable bonds is 7. The summed E-state index contributed by atoms with van der Waals surface area (Å²) in [6.45, 7) is 0. The van der Waals surface area contributed by atoms with Gasteiger partial charge in [-0.25, -0.2) is 4.79 Å². The van der Waals surface area contributed by atoms with Gasteiger partial charge < -0.3 is 14.9 Å². The number of carboxylic acid groups (broad SMARTS) is 1. The van der Waals surface area contributed by atoms with Gasteiger partial charge in [-0.05, 0) is 52.6 Å². The van der Waals surface area contributed by atoms with Crippen molar-refractivity contribution < 1.29 is 14.8 Å². The van der Waals surface area contributed by atoms with Crippen molar-refractivity contribution in [3.63, 3.8) is 0 Å². The van der Waals surface area contributed by atoms with Crippen molar-refractivity contribution in [2.75, 3.05) is 26.0 Å². The van der Waals surface area contributed by atoms with E-state index in [0.29, 0.717) is 5.56 Å². The van der Waals surface area contributed by atoms with Crippen LogP contribution in [0, 0.1) is 7.05 Å². The molecule has 32 heavy (non-hydrogen) atoms. The highest BCUT2D eigenvalue weighted by molar-refractivity contribution is 5.96. The number of hydrogen-bond acceptors (Lipinski definition) is 2. The van der Waals surface area contributed by atoms with Gasteiger partial charge in [0.15, 0.2) is 0 Å². The van der Waals surface area contributed by atoms with Gasteiger partial charge >= 0.3 is 5.97 Å². The number of likely N-dealkylation sites (N-methyl/N-ethyl adjacent to an activating group) is 1. The van der Waals surface area contributed by atoms with Gasteiger partial charge in [0.1, 0.15) is 6.04 Å². The number of carbonyl (C=O) groups is 1. The number of nitrogens with zero attached hydrogens (tertiary/aromatic N) is 1. The number of aromatic carboxylic acids is 1. The molecule has 164 valence electrons. The van der Waals surface area contributed by atoms with E-state index in [-0.39, 0.29) is 11.6 Å². The largest absolute Gasteiger partial charge is 0.478 e. The zero-order valence-corrected chi connectivity index (χ0v) is 18.8. The number of nitrogens with one attached hydrogen (secondary N) is 1. The highest BCUT2D eigenvalue weighted by atomic mass is 16.4. The van der Waals surface area contributed by atoms with Crippen molar-refractivity contribution in [2.24, 2.45) is 0 Å². The molecule has 0 radical (unpaired) electrons. The van der Waals surface area contributed by atoms with Gasteiger partial charge in [-0.2, -0.15) is 7.05 Å². The SMILES string of the molecule is [CH2-][NH+](C)C1C=CC(=C/C=C(/C=C/c2ccc(N(C)C)cc2)c2ccccc2C(=O)O)C=C1. The molecule has 1 unspecified atom stereocenters. The number of carboxylic acids is 1. The second-order valence-corrected chi connectivity index (χ2v) is 8.05. The van der Waals surface area contributed by atoms with Crippen LogP contribution in [0.2, 0.25) is 0 Å². The Morgan fingerprint density at radius 3 is 2.22 bits per heavy atom. The summed E-state index contributed by atoms with van der Waals surface area (Å²) in [6.07, 6.45) is 16.3. The number of allylic oxidation sites excluding steroid dienone is 7. The van der Waals surface area contributed by atoms with E-state index in [9.17, 15) is 9.90 Å². The van der Waals surface area contributed by atoms with Gasteiger partial charge in [-0.15, -0.1) is 0 Å². The molecular weight excluding hydrogens is 396 g/mol. The molecule has 2 aromatic rings. The lowest BCUT2D eigenvalue weighted by atomic mass is 9.97. The third-order valence-electron chi connectivity index (χ3n) is 5.35. The fourth-order valence-electron chi connectivity index (χ4n) is 3.40. The molecule has 1 aliphatic carbocycles. The maximum Gasteiger partial charge on any atom is 0.336 e. The van der Waals surface area contributed by atoms with Gasteiger partial charge in [0.2, 0.25) is 0 Å². The smallest absolute Gasteiger partial charge is 0.336 e. The molecule has 0 fully saturated rings. The summed E-state index contributed by atoms with van der Waals surface area (Å²) < 4.78 is 0. The lowest BCUT2D eigenvalue weighted by Gasteiger charge is -2.23. The first-order valence-electron chi connectivity index (χ1n) is 10.6. The Morgan fingerprint density at radius 1 is 1.03 bits per heavy atom. The molecule has 0 saturated carbocycles. The Hall–Kier alpha value is -3.63. The zero-order valence-electron chi connectivity index (χ0n) is 18.8. The second-order valence-electron chi connectivity index (χ2n) is 8.05. The summed E-state index contributed by atoms with van der Waals surface area (Å²) in [5.41, 5.74) is 5.02. The lowest BCUT2D eigenvalue weighted by molar-refractivity contribution is -0.844. The molecule has 0 saturated heterocycles. The average molecular weight is 427 g/mol. The Balaban J connectivity index is 1.96. The van der Waals surface area contributed by atoms with Crippen LogP contribution in [0.3, 0.4) is 0 Å². The minimum absolute atomic E-state index is 0.258. The molecular formula is C28H30N2O2. The van der Waals surface area contributed by atoms with Gasteiger partial charge in [-0.3, -0.25) is 0 Å². The zero-order chi connectivity index (χ0) is 23.1. The first-order valence-corrected chi connectivity index (χ1v) is 10.6. The van der Waals surface area contributed by atoms with E-state index in [1.54, 1.807) is 12.1 Å². The molecule has 3 rings (SSSR count). The van der Waals surface area contributed by atoms with Gasteiger partial charge in [0.05, 0.1) is 5.56 Å². The van der Waals surface area contributed by atoms with Crippen molar-refractivity contribution in [1.29, 1.82) is 0 Å². The van der Waals surface area contributed by atoms with E-state index in [1.165, 1.54) is 0 Å². The molecule has 0 amide bonds. The van der Waals surface area contributed by atoms with Crippen molar-refractivity contribution in [3.05, 3.63) is 120 Å². The van der Waals surface area contributed by atoms with E-state index in [2.05, 4.69) is 60.5 Å². The molecule has 0 aliphatic heterocycles. The van der Waals surface area contributed by atoms with Gasteiger partial charge in [-0.1, -0.05) is 66.8 Å². The molecule has 2 aromatic carbocycles. The van der Waals surface area contributed by atoms with Gasteiger partial charge in [0, 0.05) is 26.8 Å². The molecule has 4 heteroatoms. The number of anilines is 1. The maximum atomic E-state index is 11.8. The summed E-state index contributed by atoms with van der Waals surface area (Å²) in [7, 11) is 10.0. The Bertz CT molecular complexity index is 1080. The topological polar surface area (TPSA) is 45.0 Å². The number of benzene rings is 2. The third-order valence-corrected chi connectivity index (χ3v) is 5.35. The summed E-state index contributed by atoms with van der Waals surface area (Å²) in [6, 6.07) is 15.6. The standard InChI is InChI=1S/C28H30N2O2/c1-29(2)24-17-11-21(12-18-24)9-15-23(26-7-5-6-8-27(26)28(31)32)16-10-22-13-19-25(20-14-22)30(3)4/h5-20,24,29H,1H2,2-4H3,(H,31,32)/b16-10+,21-9?,23-15-. The second kappa shape index (κ2) is 10.6. The van der Waals surface area contributed by atoms with Crippen LogP contribution in [0.15, 0.2) is 96.6 Å². The molecule has 0 bridgehead atoms. The highest BCUT2D eigenvalue weighted by Gasteiger charge is 2.11. The molecule has 2 N–H and O–H groups in total. The van der Waals surface area contributed by atoms with E-state index in [1.807, 2.05) is 57.6 Å². The Labute approximate surface area is 190 Å². The van der Waals surface area contributed by atoms with Crippen molar-refractivity contribution in [1.82, 2.24) is 0 Å². The van der Waals surface area contributed by atoms with Crippen LogP contribution in [0.5, 0.6) is 0 Å². The molecule has 1 atom stereocenters. The van der Waals surface area contributed by atoms with Gasteiger partial charge in [0.25, 0.3) is 0 Å². The number of hydrogen-bond donors (Lipinski definition) is 2. The summed E-state index contributed by atoms with van der Waals surface area (Å²) in [4.78, 5) is 15.0. The summed E-state index contributed by atoms with van der Waals surface area (Å²) in [5, 5.41) is 9.68. The normalized spacial score (nSPS) is 16.9. The van der Waals surface area contributed by atoms with Crippen LogP contribution in [0.25, 0.3) is 11.6 Å². The van der Waals surface area contributed by atoms with E-state index in [4.69, 9.17) is 0 Å². The minimum Gasteiger partial charge on any atom is -0.478 e. The minimum atomic E-state index is -0.940. The summed E-state index contributed by atoms with van der Waals surface area (Å²) >= 11 is 0. The van der Waals surface area contributed by atoms with Crippen molar-refractivity contribution in [3.8, 4) is 0 Å². The first-order chi connectivity index (χ1) is 15.3. The lowest BCUT2D eigenvalue weighted by Crippen LogP contribution is -3.07. The quantitative estimate of drug-likeness (QED) is 0.513. The first kappa shape index (κ1) is 23.0. The van der Waals surface area contributed by atoms with Crippen LogP contribution in [0.4, 0.5) is 5.69 Å². The molecule has 1 aliphatic rings. The van der Waals surface area contributed by atoms with Crippen LogP contribution < -0.4 is 9.80 Å². The van der Waals surface area contributed by atoms with E-state index < -0.39 is 5.97 Å². The predicted octanol–water partition coefficient (Wildman–Crippen LogP) is 4.27. The fourth-order valence-corrected chi connectivity index (χ4v) is 3.40. The van der Waals surface area contributed by atoms with Crippen molar-refractivity contribution in [2.45, 2.75) is 6.04 Å². The Morgan fingerprint density at radius 2 is 1.66 bits per heavy atom. The van der Waals surface area contributed by atoms with E-state index >= 15 is 0 Å².